The Morgan fingerprint density at radius 3 is 2.47 bits per heavy atom. The molecule has 0 saturated carbocycles. The van der Waals surface area contributed by atoms with Crippen LogP contribution in [0.15, 0.2) is 81.7 Å². The highest BCUT2D eigenvalue weighted by atomic mass is 79.9. The molecule has 5 rings (SSSR count). The van der Waals surface area contributed by atoms with Crippen molar-refractivity contribution >= 4 is 43.6 Å². The lowest BCUT2D eigenvalue weighted by atomic mass is 9.91. The molecule has 1 aromatic heterocycles. The number of hydrogen-bond donors (Lipinski definition) is 1. The van der Waals surface area contributed by atoms with Crippen LogP contribution in [0.4, 0.5) is 0 Å². The quantitative estimate of drug-likeness (QED) is 0.225. The van der Waals surface area contributed by atoms with E-state index < -0.39 is 12.1 Å². The molecule has 0 amide bonds. The lowest BCUT2D eigenvalue weighted by molar-refractivity contribution is -0.145. The van der Waals surface area contributed by atoms with E-state index in [1.54, 1.807) is 0 Å². The van der Waals surface area contributed by atoms with E-state index in [1.807, 2.05) is 55.5 Å². The number of hydrogen-bond acceptors (Lipinski definition) is 3. The number of furan rings is 1. The first kappa shape index (κ1) is 24.1. The fraction of sp³-hybridized carbons (Fsp3) is 0.194. The predicted molar refractivity (Wildman–Crippen MR) is 148 cm³/mol. The van der Waals surface area contributed by atoms with E-state index >= 15 is 0 Å². The fourth-order valence-corrected chi connectivity index (χ4v) is 5.43. The monoisotopic (exact) mass is 542 g/mol. The second-order valence-electron chi connectivity index (χ2n) is 9.06. The summed E-state index contributed by atoms with van der Waals surface area (Å²) in [6.45, 7) is 6.14. The lowest BCUT2D eigenvalue weighted by Crippen LogP contribution is -2.30. The third-order valence-electron chi connectivity index (χ3n) is 6.77. The topological polar surface area (TPSA) is 59.7 Å². The van der Waals surface area contributed by atoms with Gasteiger partial charge in [0, 0.05) is 17.4 Å². The third-order valence-corrected chi connectivity index (χ3v) is 7.36. The van der Waals surface area contributed by atoms with Gasteiger partial charge in [0.1, 0.15) is 17.1 Å². The first-order valence-corrected chi connectivity index (χ1v) is 12.8. The van der Waals surface area contributed by atoms with Gasteiger partial charge in [-0.15, -0.1) is 0 Å². The molecule has 182 valence electrons. The minimum Gasteiger partial charge on any atom is -0.478 e. The molecule has 1 heterocycles. The number of ether oxygens (including phenoxy) is 1. The Balaban J connectivity index is 1.64. The van der Waals surface area contributed by atoms with Crippen LogP contribution in [-0.2, 0) is 17.6 Å². The number of carboxylic acids is 1. The maximum Gasteiger partial charge on any atom is 0.345 e. The smallest absolute Gasteiger partial charge is 0.345 e. The van der Waals surface area contributed by atoms with Gasteiger partial charge in [-0.25, -0.2) is 4.79 Å². The van der Waals surface area contributed by atoms with Crippen LogP contribution < -0.4 is 4.74 Å². The molecular weight excluding hydrogens is 516 g/mol. The molecule has 0 bridgehead atoms. The largest absolute Gasteiger partial charge is 0.478 e. The van der Waals surface area contributed by atoms with Gasteiger partial charge in [-0.2, -0.15) is 0 Å². The number of benzene rings is 4. The van der Waals surface area contributed by atoms with Crippen LogP contribution in [0.5, 0.6) is 5.75 Å². The minimum absolute atomic E-state index is 0.283. The number of carboxylic acid groups (broad SMARTS) is 1. The Kier molecular flexibility index (Phi) is 6.59. The van der Waals surface area contributed by atoms with Crippen molar-refractivity contribution in [1.29, 1.82) is 0 Å². The van der Waals surface area contributed by atoms with E-state index in [9.17, 15) is 9.90 Å². The number of carbonyl (C=O) groups is 1. The molecule has 0 fully saturated rings. The number of rotatable bonds is 7. The molecule has 0 aliphatic heterocycles. The summed E-state index contributed by atoms with van der Waals surface area (Å²) < 4.78 is 13.0. The number of aryl methyl sites for hydroxylation is 3. The van der Waals surface area contributed by atoms with Crippen molar-refractivity contribution in [3.63, 3.8) is 0 Å². The van der Waals surface area contributed by atoms with Crippen molar-refractivity contribution in [1.82, 2.24) is 0 Å². The zero-order chi connectivity index (χ0) is 25.4. The molecule has 0 aliphatic rings. The highest BCUT2D eigenvalue weighted by Crippen LogP contribution is 2.43. The van der Waals surface area contributed by atoms with Crippen LogP contribution in [0.1, 0.15) is 29.4 Å². The van der Waals surface area contributed by atoms with Crippen LogP contribution in [0.25, 0.3) is 32.9 Å². The second-order valence-corrected chi connectivity index (χ2v) is 9.92. The van der Waals surface area contributed by atoms with E-state index in [0.717, 1.165) is 59.8 Å². The summed E-state index contributed by atoms with van der Waals surface area (Å²) in [5.74, 6) is 0.486. The summed E-state index contributed by atoms with van der Waals surface area (Å²) in [5, 5.41) is 13.3. The molecule has 5 heteroatoms. The van der Waals surface area contributed by atoms with Crippen molar-refractivity contribution in [2.24, 2.45) is 0 Å². The molecule has 1 N–H and O–H groups in total. The molecule has 0 unspecified atom stereocenters. The normalized spacial score (nSPS) is 12.2. The summed E-state index contributed by atoms with van der Waals surface area (Å²) >= 11 is 3.71. The molecule has 4 aromatic carbocycles. The van der Waals surface area contributed by atoms with Crippen LogP contribution in [0, 0.1) is 13.8 Å². The van der Waals surface area contributed by atoms with E-state index in [-0.39, 0.29) is 6.42 Å². The standard InChI is InChI=1S/C31H27BrO4/c1-4-21-15-23(16-25(32)30(21)36-27(31(33)34)14-20-10-6-5-7-11-20)29-24-13-9-8-12-22(24)17-26-28(29)18(2)19(3)35-26/h5-13,15-17,27H,4,14H2,1-3H3,(H,33,34)/t27-/m1/s1. The Morgan fingerprint density at radius 2 is 1.75 bits per heavy atom. The van der Waals surface area contributed by atoms with Crippen molar-refractivity contribution < 1.29 is 19.1 Å². The Bertz CT molecular complexity index is 1580. The van der Waals surface area contributed by atoms with Gasteiger partial charge in [0.25, 0.3) is 0 Å². The zero-order valence-electron chi connectivity index (χ0n) is 20.5. The van der Waals surface area contributed by atoms with Gasteiger partial charge in [-0.05, 0) is 87.4 Å². The van der Waals surface area contributed by atoms with Crippen LogP contribution in [0.2, 0.25) is 0 Å². The molecule has 4 nitrogen and oxygen atoms in total. The van der Waals surface area contributed by atoms with Crippen molar-refractivity contribution in [3.05, 3.63) is 99.7 Å². The van der Waals surface area contributed by atoms with Crippen LogP contribution in [-0.4, -0.2) is 17.2 Å². The van der Waals surface area contributed by atoms with Gasteiger partial charge >= 0.3 is 5.97 Å². The van der Waals surface area contributed by atoms with Gasteiger partial charge in [-0.3, -0.25) is 0 Å². The SMILES string of the molecule is CCc1cc(-c2c3ccccc3cc3oc(C)c(C)c23)cc(Br)c1O[C@H](Cc1ccccc1)C(=O)O. The predicted octanol–water partition coefficient (Wildman–Crippen LogP) is 8.27. The van der Waals surface area contributed by atoms with Crippen molar-refractivity contribution in [2.45, 2.75) is 39.7 Å². The van der Waals surface area contributed by atoms with Crippen molar-refractivity contribution in [3.8, 4) is 16.9 Å². The molecule has 1 atom stereocenters. The van der Waals surface area contributed by atoms with Crippen molar-refractivity contribution in [2.75, 3.05) is 0 Å². The first-order chi connectivity index (χ1) is 17.4. The molecule has 36 heavy (non-hydrogen) atoms. The van der Waals surface area contributed by atoms with E-state index in [1.165, 1.54) is 0 Å². The summed E-state index contributed by atoms with van der Waals surface area (Å²) in [6.07, 6.45) is -0.0234. The van der Waals surface area contributed by atoms with Gasteiger partial charge in [0.2, 0.25) is 0 Å². The summed E-state index contributed by atoms with van der Waals surface area (Å²) in [7, 11) is 0. The van der Waals surface area contributed by atoms with Gasteiger partial charge < -0.3 is 14.3 Å². The number of aliphatic carboxylic acids is 1. The molecular formula is C31H27BrO4. The highest BCUT2D eigenvalue weighted by Gasteiger charge is 2.24. The van der Waals surface area contributed by atoms with Gasteiger partial charge in [0.15, 0.2) is 6.10 Å². The zero-order valence-corrected chi connectivity index (χ0v) is 22.1. The van der Waals surface area contributed by atoms with E-state index in [4.69, 9.17) is 9.15 Å². The third kappa shape index (κ3) is 4.40. The first-order valence-electron chi connectivity index (χ1n) is 12.0. The van der Waals surface area contributed by atoms with E-state index in [2.05, 4.69) is 54.0 Å². The summed E-state index contributed by atoms with van der Waals surface area (Å²) in [4.78, 5) is 12.1. The van der Waals surface area contributed by atoms with Gasteiger partial charge in [-0.1, -0.05) is 61.5 Å². The Labute approximate surface area is 218 Å². The summed E-state index contributed by atoms with van der Waals surface area (Å²) in [6, 6.07) is 24.1. The molecule has 0 saturated heterocycles. The number of fused-ring (bicyclic) bond motifs is 2. The second kappa shape index (κ2) is 9.82. The molecule has 5 aromatic rings. The van der Waals surface area contributed by atoms with Gasteiger partial charge in [0.05, 0.1) is 4.47 Å². The molecule has 0 spiro atoms. The number of halogens is 1. The lowest BCUT2D eigenvalue weighted by Gasteiger charge is -2.20. The molecule has 0 radical (unpaired) electrons. The van der Waals surface area contributed by atoms with E-state index in [0.29, 0.717) is 12.2 Å². The Hall–Kier alpha value is -3.57. The highest BCUT2D eigenvalue weighted by molar-refractivity contribution is 9.10. The summed E-state index contributed by atoms with van der Waals surface area (Å²) in [5.41, 5.74) is 5.98. The van der Waals surface area contributed by atoms with Crippen LogP contribution >= 0.6 is 15.9 Å². The Morgan fingerprint density at radius 1 is 1.03 bits per heavy atom. The fourth-order valence-electron chi connectivity index (χ4n) is 4.83. The maximum atomic E-state index is 12.1. The molecule has 0 aliphatic carbocycles. The average molecular weight is 543 g/mol. The average Bonchev–Trinajstić information content (AvgIpc) is 3.16. The van der Waals surface area contributed by atoms with Crippen LogP contribution in [0.3, 0.4) is 0 Å². The minimum atomic E-state index is -0.997. The maximum absolute atomic E-state index is 12.1.